The highest BCUT2D eigenvalue weighted by Crippen LogP contribution is 2.14. The van der Waals surface area contributed by atoms with Gasteiger partial charge in [0.15, 0.2) is 0 Å². The lowest BCUT2D eigenvalue weighted by Gasteiger charge is -2.18. The van der Waals surface area contributed by atoms with Gasteiger partial charge < -0.3 is 15.4 Å². The summed E-state index contributed by atoms with van der Waals surface area (Å²) in [5.41, 5.74) is 1.17. The molecule has 0 bridgehead atoms. The first-order valence-corrected chi connectivity index (χ1v) is 6.30. The molecular weight excluding hydrogens is 264 g/mol. The van der Waals surface area contributed by atoms with Gasteiger partial charge in [0.1, 0.15) is 11.9 Å². The Labute approximate surface area is 121 Å². The number of aryl methyl sites for hydroxylation is 1. The van der Waals surface area contributed by atoms with Gasteiger partial charge >= 0.3 is 0 Å². The molecule has 0 saturated carbocycles. The molecule has 0 aliphatic carbocycles. The number of likely N-dealkylation sites (N-methyl/N-ethyl adjacent to an activating group) is 1. The van der Waals surface area contributed by atoms with Crippen LogP contribution in [0.3, 0.4) is 0 Å². The fourth-order valence-electron chi connectivity index (χ4n) is 1.60. The second-order valence-electron chi connectivity index (χ2n) is 4.30. The van der Waals surface area contributed by atoms with Crippen LogP contribution in [0, 0.1) is 6.92 Å². The Morgan fingerprint density at radius 3 is 2.74 bits per heavy atom. The zero-order valence-electron chi connectivity index (χ0n) is 11.7. The molecule has 1 amide bonds. The molecule has 0 radical (unpaired) electrons. The third kappa shape index (κ3) is 7.03. The van der Waals surface area contributed by atoms with Crippen molar-refractivity contribution >= 4 is 18.3 Å². The van der Waals surface area contributed by atoms with Crippen LogP contribution in [-0.2, 0) is 4.79 Å². The number of rotatable bonds is 7. The second-order valence-corrected chi connectivity index (χ2v) is 4.30. The summed E-state index contributed by atoms with van der Waals surface area (Å²) in [6.07, 6.45) is 0.862. The molecule has 1 unspecified atom stereocenters. The fourth-order valence-corrected chi connectivity index (χ4v) is 1.60. The van der Waals surface area contributed by atoms with Gasteiger partial charge in [0, 0.05) is 0 Å². The molecule has 0 aliphatic heterocycles. The van der Waals surface area contributed by atoms with Crippen LogP contribution in [0.15, 0.2) is 24.3 Å². The molecule has 2 N–H and O–H groups in total. The van der Waals surface area contributed by atoms with Crippen molar-refractivity contribution in [3.8, 4) is 5.75 Å². The van der Waals surface area contributed by atoms with E-state index in [9.17, 15) is 4.79 Å². The van der Waals surface area contributed by atoms with Gasteiger partial charge in [0.2, 0.25) is 5.91 Å². The topological polar surface area (TPSA) is 50.4 Å². The molecule has 0 fully saturated rings. The lowest BCUT2D eigenvalue weighted by molar-refractivity contribution is -0.120. The van der Waals surface area contributed by atoms with Gasteiger partial charge in [-0.25, -0.2) is 0 Å². The Balaban J connectivity index is 0.00000324. The van der Waals surface area contributed by atoms with Crippen LogP contribution in [0.4, 0.5) is 0 Å². The molecule has 0 spiro atoms. The maximum absolute atomic E-state index is 11.3. The highest BCUT2D eigenvalue weighted by molar-refractivity contribution is 5.85. The summed E-state index contributed by atoms with van der Waals surface area (Å²) >= 11 is 0. The van der Waals surface area contributed by atoms with Crippen LogP contribution in [0.2, 0.25) is 0 Å². The number of halogens is 1. The molecule has 1 rings (SSSR count). The van der Waals surface area contributed by atoms with E-state index in [4.69, 9.17) is 4.74 Å². The molecule has 1 aromatic rings. The first-order chi connectivity index (χ1) is 8.65. The molecule has 0 aromatic heterocycles. The number of carbonyl (C=O) groups is 1. The van der Waals surface area contributed by atoms with Crippen molar-refractivity contribution in [1.82, 2.24) is 10.6 Å². The van der Waals surface area contributed by atoms with E-state index >= 15 is 0 Å². The number of amides is 1. The molecule has 0 saturated heterocycles. The summed E-state index contributed by atoms with van der Waals surface area (Å²) in [6, 6.07) is 7.93. The van der Waals surface area contributed by atoms with Gasteiger partial charge in [-0.05, 0) is 38.1 Å². The summed E-state index contributed by atoms with van der Waals surface area (Å²) in [4.78, 5) is 11.3. The van der Waals surface area contributed by atoms with E-state index in [-0.39, 0.29) is 24.4 Å². The smallest absolute Gasteiger partial charge is 0.234 e. The Hall–Kier alpha value is -1.26. The van der Waals surface area contributed by atoms with E-state index in [0.717, 1.165) is 12.2 Å². The predicted octanol–water partition coefficient (Wildman–Crippen LogP) is 1.91. The number of hydrogen-bond acceptors (Lipinski definition) is 3. The summed E-state index contributed by atoms with van der Waals surface area (Å²) in [5.74, 6) is 0.841. The minimum absolute atomic E-state index is 0. The normalized spacial score (nSPS) is 11.3. The predicted molar refractivity (Wildman–Crippen MR) is 80.1 cm³/mol. The first-order valence-electron chi connectivity index (χ1n) is 6.30. The lowest BCUT2D eigenvalue weighted by Crippen LogP contribution is -2.38. The largest absolute Gasteiger partial charge is 0.489 e. The summed E-state index contributed by atoms with van der Waals surface area (Å²) < 4.78 is 5.84. The van der Waals surface area contributed by atoms with Crippen LogP contribution in [0.25, 0.3) is 0 Å². The maximum Gasteiger partial charge on any atom is 0.234 e. The van der Waals surface area contributed by atoms with E-state index in [1.54, 1.807) is 7.05 Å². The number of benzene rings is 1. The fraction of sp³-hybridized carbons (Fsp3) is 0.500. The molecule has 19 heavy (non-hydrogen) atoms. The maximum atomic E-state index is 11.3. The van der Waals surface area contributed by atoms with Gasteiger partial charge in [0.05, 0.1) is 13.1 Å². The first kappa shape index (κ1) is 17.7. The van der Waals surface area contributed by atoms with Gasteiger partial charge in [0.25, 0.3) is 0 Å². The average molecular weight is 287 g/mol. The molecule has 0 heterocycles. The van der Waals surface area contributed by atoms with Crippen LogP contribution < -0.4 is 15.4 Å². The third-order valence-electron chi connectivity index (χ3n) is 2.61. The molecule has 0 aliphatic rings. The van der Waals surface area contributed by atoms with E-state index in [2.05, 4.69) is 10.6 Å². The number of hydrogen-bond donors (Lipinski definition) is 2. The van der Waals surface area contributed by atoms with Crippen molar-refractivity contribution in [2.75, 3.05) is 20.1 Å². The monoisotopic (exact) mass is 286 g/mol. The summed E-state index contributed by atoms with van der Waals surface area (Å²) in [7, 11) is 1.75. The second kappa shape index (κ2) is 9.64. The van der Waals surface area contributed by atoms with Crippen molar-refractivity contribution in [1.29, 1.82) is 0 Å². The minimum atomic E-state index is -0.0104. The molecule has 108 valence electrons. The van der Waals surface area contributed by atoms with Gasteiger partial charge in [-0.2, -0.15) is 0 Å². The molecule has 5 heteroatoms. The molecule has 1 aromatic carbocycles. The zero-order chi connectivity index (χ0) is 13.4. The summed E-state index contributed by atoms with van der Waals surface area (Å²) in [5, 5.41) is 5.66. The van der Waals surface area contributed by atoms with Gasteiger partial charge in [-0.3, -0.25) is 4.79 Å². The van der Waals surface area contributed by atoms with Crippen molar-refractivity contribution in [2.45, 2.75) is 26.4 Å². The number of ether oxygens (including phenoxy) is 1. The molecule has 1 atom stereocenters. The van der Waals surface area contributed by atoms with Crippen molar-refractivity contribution in [3.63, 3.8) is 0 Å². The molecular formula is C14H23ClN2O2. The summed E-state index contributed by atoms with van der Waals surface area (Å²) in [6.45, 7) is 4.94. The van der Waals surface area contributed by atoms with E-state index < -0.39 is 0 Å². The lowest BCUT2D eigenvalue weighted by atomic mass is 10.2. The standard InChI is InChI=1S/C14H22N2O2.ClH/c1-4-12(9-16-14(17)10-15-3)18-13-7-5-6-11(2)8-13;/h5-8,12,15H,4,9-10H2,1-3H3,(H,16,17);1H. The average Bonchev–Trinajstić information content (AvgIpc) is 2.35. The Morgan fingerprint density at radius 2 is 2.16 bits per heavy atom. The van der Waals surface area contributed by atoms with E-state index in [1.165, 1.54) is 5.56 Å². The Kier molecular flexibility index (Phi) is 9.00. The van der Waals surface area contributed by atoms with Crippen molar-refractivity contribution in [2.24, 2.45) is 0 Å². The Bertz CT molecular complexity index is 385. The third-order valence-corrected chi connectivity index (χ3v) is 2.61. The van der Waals surface area contributed by atoms with Gasteiger partial charge in [-0.1, -0.05) is 19.1 Å². The van der Waals surface area contributed by atoms with Gasteiger partial charge in [-0.15, -0.1) is 12.4 Å². The van der Waals surface area contributed by atoms with Crippen molar-refractivity contribution < 1.29 is 9.53 Å². The SMILES string of the molecule is CCC(CNC(=O)CNC)Oc1cccc(C)c1.Cl. The minimum Gasteiger partial charge on any atom is -0.489 e. The van der Waals surface area contributed by atoms with Crippen LogP contribution >= 0.6 is 12.4 Å². The van der Waals surface area contributed by atoms with Crippen LogP contribution in [-0.4, -0.2) is 32.1 Å². The highest BCUT2D eigenvalue weighted by Gasteiger charge is 2.09. The van der Waals surface area contributed by atoms with E-state index in [1.807, 2.05) is 38.1 Å². The van der Waals surface area contributed by atoms with Crippen LogP contribution in [0.5, 0.6) is 5.75 Å². The van der Waals surface area contributed by atoms with Crippen LogP contribution in [0.1, 0.15) is 18.9 Å². The van der Waals surface area contributed by atoms with Crippen molar-refractivity contribution in [3.05, 3.63) is 29.8 Å². The number of carbonyl (C=O) groups excluding carboxylic acids is 1. The van der Waals surface area contributed by atoms with E-state index in [0.29, 0.717) is 13.1 Å². The zero-order valence-corrected chi connectivity index (χ0v) is 12.5. The highest BCUT2D eigenvalue weighted by atomic mass is 35.5. The number of nitrogens with one attached hydrogen (secondary N) is 2. The molecule has 4 nitrogen and oxygen atoms in total. The Morgan fingerprint density at radius 1 is 1.42 bits per heavy atom. The quantitative estimate of drug-likeness (QED) is 0.805.